The predicted octanol–water partition coefficient (Wildman–Crippen LogP) is 3.73. The van der Waals surface area contributed by atoms with Gasteiger partial charge in [0.05, 0.1) is 17.3 Å². The minimum absolute atomic E-state index is 0.212. The highest BCUT2D eigenvalue weighted by Crippen LogP contribution is 2.38. The molecule has 2 aromatic carbocycles. The van der Waals surface area contributed by atoms with E-state index in [-0.39, 0.29) is 13.0 Å². The lowest BCUT2D eigenvalue weighted by Crippen LogP contribution is -2.36. The van der Waals surface area contributed by atoms with Crippen molar-refractivity contribution in [3.63, 3.8) is 0 Å². The highest BCUT2D eigenvalue weighted by Gasteiger charge is 2.40. The molecule has 2 aliphatic heterocycles. The maximum atomic E-state index is 12.7. The normalized spacial score (nSPS) is 18.9. The molecule has 4 rings (SSSR count). The van der Waals surface area contributed by atoms with Crippen LogP contribution in [0.15, 0.2) is 48.5 Å². The molecule has 0 spiro atoms. The van der Waals surface area contributed by atoms with Crippen molar-refractivity contribution in [2.45, 2.75) is 19.0 Å². The fourth-order valence-corrected chi connectivity index (χ4v) is 3.96. The van der Waals surface area contributed by atoms with E-state index in [1.165, 1.54) is 5.56 Å². The monoisotopic (exact) mass is 403 g/mol. The van der Waals surface area contributed by atoms with Gasteiger partial charge in [-0.15, -0.1) is 0 Å². The Labute approximate surface area is 166 Å². The van der Waals surface area contributed by atoms with Crippen molar-refractivity contribution in [3.05, 3.63) is 54.1 Å². The molecule has 2 amide bonds. The van der Waals surface area contributed by atoms with Crippen LogP contribution < -0.4 is 10.2 Å². The average Bonchev–Trinajstić information content (AvgIpc) is 3.25. The zero-order chi connectivity index (χ0) is 20.6. The van der Waals surface area contributed by atoms with Gasteiger partial charge in [0.1, 0.15) is 6.54 Å². The number of anilines is 3. The second-order valence-corrected chi connectivity index (χ2v) is 7.33. The Morgan fingerprint density at radius 1 is 1.07 bits per heavy atom. The number of halogens is 3. The Hall–Kier alpha value is -3.03. The number of hydrogen-bond acceptors (Lipinski definition) is 3. The summed E-state index contributed by atoms with van der Waals surface area (Å²) in [7, 11) is 0. The van der Waals surface area contributed by atoms with Crippen molar-refractivity contribution in [3.8, 4) is 0 Å². The Balaban J connectivity index is 1.50. The summed E-state index contributed by atoms with van der Waals surface area (Å²) in [6, 6.07) is 15.3. The molecule has 1 atom stereocenters. The number of carbonyl (C=O) groups excluding carboxylic acids is 2. The summed E-state index contributed by atoms with van der Waals surface area (Å²) in [6.45, 7) is -0.775. The lowest BCUT2D eigenvalue weighted by atomic mass is 10.1. The molecule has 8 heteroatoms. The molecule has 5 nitrogen and oxygen atoms in total. The molecule has 2 aliphatic rings. The van der Waals surface area contributed by atoms with E-state index in [1.54, 1.807) is 12.1 Å². The van der Waals surface area contributed by atoms with E-state index < -0.39 is 30.5 Å². The molecule has 29 heavy (non-hydrogen) atoms. The molecule has 0 radical (unpaired) electrons. The van der Waals surface area contributed by atoms with Gasteiger partial charge < -0.3 is 15.1 Å². The summed E-state index contributed by atoms with van der Waals surface area (Å²) in [6.07, 6.45) is -3.80. The first kappa shape index (κ1) is 19.3. The van der Waals surface area contributed by atoms with Crippen molar-refractivity contribution in [2.75, 3.05) is 29.9 Å². The minimum Gasteiger partial charge on any atom is -0.339 e. The third kappa shape index (κ3) is 4.06. The number of amides is 2. The first-order valence-corrected chi connectivity index (χ1v) is 9.42. The molecular weight excluding hydrogens is 383 g/mol. The Kier molecular flexibility index (Phi) is 4.94. The molecule has 1 fully saturated rings. The second-order valence-electron chi connectivity index (χ2n) is 7.33. The van der Waals surface area contributed by atoms with E-state index in [4.69, 9.17) is 0 Å². The van der Waals surface area contributed by atoms with Gasteiger partial charge in [-0.3, -0.25) is 9.59 Å². The van der Waals surface area contributed by atoms with Crippen molar-refractivity contribution < 1.29 is 22.8 Å². The lowest BCUT2D eigenvalue weighted by molar-refractivity contribution is -0.157. The van der Waals surface area contributed by atoms with Crippen LogP contribution in [0.25, 0.3) is 0 Å². The number of alkyl halides is 3. The van der Waals surface area contributed by atoms with E-state index in [9.17, 15) is 22.8 Å². The summed E-state index contributed by atoms with van der Waals surface area (Å²) in [5, 5.41) is 2.82. The first-order chi connectivity index (χ1) is 13.8. The standard InChI is InChI=1S/C21H20F3N3O2/c22-21(23,24)13-26-12-15(11-19(26)28)20(29)25-16-6-2-4-8-18(16)27-10-9-14-5-1-3-7-17(14)27/h1-8,15H,9-13H2,(H,25,29). The Bertz CT molecular complexity index is 945. The molecule has 152 valence electrons. The van der Waals surface area contributed by atoms with Crippen LogP contribution in [0, 0.1) is 5.92 Å². The maximum absolute atomic E-state index is 12.7. The first-order valence-electron chi connectivity index (χ1n) is 9.42. The van der Waals surface area contributed by atoms with Crippen LogP contribution in [0.5, 0.6) is 0 Å². The molecule has 2 heterocycles. The van der Waals surface area contributed by atoms with Crippen LogP contribution in [0.2, 0.25) is 0 Å². The summed E-state index contributed by atoms with van der Waals surface area (Å²) in [4.78, 5) is 27.4. The summed E-state index contributed by atoms with van der Waals surface area (Å²) in [5.41, 5.74) is 3.69. The Morgan fingerprint density at radius 3 is 2.52 bits per heavy atom. The van der Waals surface area contributed by atoms with Gasteiger partial charge in [-0.05, 0) is 30.2 Å². The smallest absolute Gasteiger partial charge is 0.339 e. The van der Waals surface area contributed by atoms with Gasteiger partial charge in [-0.2, -0.15) is 13.2 Å². The van der Waals surface area contributed by atoms with E-state index in [0.29, 0.717) is 10.6 Å². The van der Waals surface area contributed by atoms with Gasteiger partial charge in [0.25, 0.3) is 0 Å². The van der Waals surface area contributed by atoms with Crippen molar-refractivity contribution >= 4 is 28.9 Å². The highest BCUT2D eigenvalue weighted by molar-refractivity contribution is 6.00. The number of carbonyl (C=O) groups is 2. The minimum atomic E-state index is -4.48. The second kappa shape index (κ2) is 7.42. The molecule has 1 saturated heterocycles. The van der Waals surface area contributed by atoms with Crippen LogP contribution in [-0.2, 0) is 16.0 Å². The summed E-state index contributed by atoms with van der Waals surface area (Å²) >= 11 is 0. The van der Waals surface area contributed by atoms with Gasteiger partial charge in [-0.1, -0.05) is 30.3 Å². The SMILES string of the molecule is O=C(Nc1ccccc1N1CCc2ccccc21)C1CC(=O)N(CC(F)(F)F)C1. The Morgan fingerprint density at radius 2 is 1.76 bits per heavy atom. The van der Waals surface area contributed by atoms with Gasteiger partial charge in [0.2, 0.25) is 11.8 Å². The predicted molar refractivity (Wildman–Crippen MR) is 103 cm³/mol. The van der Waals surface area contributed by atoms with Crippen LogP contribution in [0.3, 0.4) is 0 Å². The molecular formula is C21H20F3N3O2. The molecule has 2 aromatic rings. The average molecular weight is 403 g/mol. The van der Waals surface area contributed by atoms with E-state index >= 15 is 0 Å². The third-order valence-electron chi connectivity index (χ3n) is 5.30. The fourth-order valence-electron chi connectivity index (χ4n) is 3.96. The topological polar surface area (TPSA) is 52.7 Å². The number of fused-ring (bicyclic) bond motifs is 1. The third-order valence-corrected chi connectivity index (χ3v) is 5.30. The zero-order valence-electron chi connectivity index (χ0n) is 15.6. The van der Waals surface area contributed by atoms with Crippen LogP contribution in [0.1, 0.15) is 12.0 Å². The van der Waals surface area contributed by atoms with Crippen LogP contribution in [-0.4, -0.2) is 42.5 Å². The number of nitrogens with zero attached hydrogens (tertiary/aromatic N) is 2. The van der Waals surface area contributed by atoms with Gasteiger partial charge in [0.15, 0.2) is 0 Å². The molecule has 1 N–H and O–H groups in total. The number of hydrogen-bond donors (Lipinski definition) is 1. The molecule has 0 aromatic heterocycles. The van der Waals surface area contributed by atoms with Crippen molar-refractivity contribution in [2.24, 2.45) is 5.92 Å². The summed E-state index contributed by atoms with van der Waals surface area (Å²) in [5.74, 6) is -1.89. The number of para-hydroxylation sites is 3. The van der Waals surface area contributed by atoms with Crippen molar-refractivity contribution in [1.29, 1.82) is 0 Å². The molecule has 0 bridgehead atoms. The van der Waals surface area contributed by atoms with Crippen molar-refractivity contribution in [1.82, 2.24) is 4.90 Å². The van der Waals surface area contributed by atoms with E-state index in [0.717, 1.165) is 24.3 Å². The van der Waals surface area contributed by atoms with Crippen LogP contribution >= 0.6 is 0 Å². The highest BCUT2D eigenvalue weighted by atomic mass is 19.4. The fraction of sp³-hybridized carbons (Fsp3) is 0.333. The molecule has 0 aliphatic carbocycles. The van der Waals surface area contributed by atoms with Gasteiger partial charge >= 0.3 is 6.18 Å². The number of nitrogens with one attached hydrogen (secondary N) is 1. The quantitative estimate of drug-likeness (QED) is 0.847. The zero-order valence-corrected chi connectivity index (χ0v) is 15.6. The largest absolute Gasteiger partial charge is 0.406 e. The van der Waals surface area contributed by atoms with Crippen LogP contribution in [0.4, 0.5) is 30.2 Å². The van der Waals surface area contributed by atoms with Gasteiger partial charge in [0, 0.05) is 25.2 Å². The number of rotatable bonds is 4. The number of likely N-dealkylation sites (tertiary alicyclic amines) is 1. The molecule has 0 saturated carbocycles. The lowest BCUT2D eigenvalue weighted by Gasteiger charge is -2.23. The maximum Gasteiger partial charge on any atom is 0.406 e. The summed E-state index contributed by atoms with van der Waals surface area (Å²) < 4.78 is 37.8. The van der Waals surface area contributed by atoms with E-state index in [1.807, 2.05) is 30.3 Å². The molecule has 1 unspecified atom stereocenters. The van der Waals surface area contributed by atoms with Gasteiger partial charge in [-0.25, -0.2) is 0 Å². The van der Waals surface area contributed by atoms with E-state index in [2.05, 4.69) is 16.3 Å². The number of benzene rings is 2.